The van der Waals surface area contributed by atoms with Gasteiger partial charge < -0.3 is 5.73 Å². The zero-order valence-corrected chi connectivity index (χ0v) is 9.41. The number of hydrogen-bond acceptors (Lipinski definition) is 4. The Hall–Kier alpha value is -2.87. The lowest BCUT2D eigenvalue weighted by Gasteiger charge is -2.03. The average Bonchev–Trinajstić information content (AvgIpc) is 2.84. The van der Waals surface area contributed by atoms with Gasteiger partial charge in [-0.15, -0.1) is 0 Å². The predicted octanol–water partition coefficient (Wildman–Crippen LogP) is 1.85. The maximum absolute atomic E-state index is 8.77. The van der Waals surface area contributed by atoms with Crippen LogP contribution in [0.5, 0.6) is 0 Å². The van der Waals surface area contributed by atoms with Gasteiger partial charge in [0.25, 0.3) is 0 Å². The van der Waals surface area contributed by atoms with Crippen molar-refractivity contribution >= 4 is 11.5 Å². The number of nitrogens with zero attached hydrogens (tertiary/aromatic N) is 4. The fourth-order valence-electron chi connectivity index (χ4n) is 1.87. The minimum Gasteiger partial charge on any atom is -0.369 e. The van der Waals surface area contributed by atoms with Crippen molar-refractivity contribution in [1.29, 1.82) is 5.26 Å². The molecule has 0 atom stereocenters. The first kappa shape index (κ1) is 10.3. The third-order valence-electron chi connectivity index (χ3n) is 2.74. The molecular weight excluding hydrogens is 226 g/mol. The Balaban J connectivity index is 2.22. The van der Waals surface area contributed by atoms with Crippen molar-refractivity contribution in [2.24, 2.45) is 0 Å². The van der Waals surface area contributed by atoms with E-state index in [1.807, 2.05) is 18.2 Å². The molecule has 0 unspecified atom stereocenters. The van der Waals surface area contributed by atoms with E-state index < -0.39 is 0 Å². The summed E-state index contributed by atoms with van der Waals surface area (Å²) < 4.78 is 1.78. The molecule has 0 saturated carbocycles. The summed E-state index contributed by atoms with van der Waals surface area (Å²) in [5.41, 5.74) is 8.26. The molecule has 0 fully saturated rings. The molecule has 2 N–H and O–H groups in total. The lowest BCUT2D eigenvalue weighted by molar-refractivity contribution is 1.10. The maximum atomic E-state index is 8.77. The van der Waals surface area contributed by atoms with E-state index in [9.17, 15) is 0 Å². The van der Waals surface area contributed by atoms with Crippen molar-refractivity contribution in [2.75, 3.05) is 5.73 Å². The summed E-state index contributed by atoms with van der Waals surface area (Å²) in [5, 5.41) is 8.77. The standard InChI is InChI=1S/C13H9N5/c14-7-9-1-3-10(4-2-9)12-17-8-11-5-6-16-13(15)18(11)12/h1-6,8H,(H2,15,16). The Morgan fingerprint density at radius 1 is 1.11 bits per heavy atom. The normalized spacial score (nSPS) is 10.4. The first-order chi connectivity index (χ1) is 8.79. The summed E-state index contributed by atoms with van der Waals surface area (Å²) >= 11 is 0. The largest absolute Gasteiger partial charge is 0.369 e. The van der Waals surface area contributed by atoms with Crippen LogP contribution in [-0.2, 0) is 0 Å². The smallest absolute Gasteiger partial charge is 0.206 e. The SMILES string of the molecule is N#Cc1ccc(-c2ncc3ccnc(N)n23)cc1. The van der Waals surface area contributed by atoms with E-state index in [0.717, 1.165) is 16.9 Å². The Labute approximate surface area is 103 Å². The van der Waals surface area contributed by atoms with Crippen LogP contribution in [-0.4, -0.2) is 14.4 Å². The Kier molecular flexibility index (Phi) is 2.21. The third-order valence-corrected chi connectivity index (χ3v) is 2.74. The second kappa shape index (κ2) is 3.86. The van der Waals surface area contributed by atoms with Crippen molar-refractivity contribution < 1.29 is 0 Å². The number of rotatable bonds is 1. The summed E-state index contributed by atoms with van der Waals surface area (Å²) in [4.78, 5) is 8.39. The van der Waals surface area contributed by atoms with Crippen molar-refractivity contribution in [3.8, 4) is 17.5 Å². The monoisotopic (exact) mass is 235 g/mol. The molecule has 0 spiro atoms. The van der Waals surface area contributed by atoms with Gasteiger partial charge >= 0.3 is 0 Å². The third kappa shape index (κ3) is 1.48. The predicted molar refractivity (Wildman–Crippen MR) is 67.6 cm³/mol. The molecule has 0 aliphatic rings. The Morgan fingerprint density at radius 3 is 2.61 bits per heavy atom. The molecule has 0 aliphatic carbocycles. The zero-order valence-electron chi connectivity index (χ0n) is 9.41. The molecule has 0 radical (unpaired) electrons. The summed E-state index contributed by atoms with van der Waals surface area (Å²) in [6.45, 7) is 0. The van der Waals surface area contributed by atoms with Gasteiger partial charge in [-0.25, -0.2) is 9.97 Å². The summed E-state index contributed by atoms with van der Waals surface area (Å²) in [6.07, 6.45) is 3.39. The number of aromatic nitrogens is 3. The van der Waals surface area contributed by atoms with Gasteiger partial charge in [-0.3, -0.25) is 4.40 Å². The molecule has 0 bridgehead atoms. The quantitative estimate of drug-likeness (QED) is 0.698. The highest BCUT2D eigenvalue weighted by atomic mass is 15.1. The van der Waals surface area contributed by atoms with Crippen molar-refractivity contribution in [3.05, 3.63) is 48.3 Å². The number of hydrogen-bond donors (Lipinski definition) is 1. The van der Waals surface area contributed by atoms with Gasteiger partial charge in [0.1, 0.15) is 5.82 Å². The lowest BCUT2D eigenvalue weighted by atomic mass is 10.1. The Bertz CT molecular complexity index is 749. The van der Waals surface area contributed by atoms with E-state index in [1.54, 1.807) is 28.9 Å². The van der Waals surface area contributed by atoms with E-state index >= 15 is 0 Å². The first-order valence-electron chi connectivity index (χ1n) is 5.38. The van der Waals surface area contributed by atoms with Crippen LogP contribution in [0.25, 0.3) is 16.9 Å². The second-order valence-corrected chi connectivity index (χ2v) is 3.83. The van der Waals surface area contributed by atoms with Crippen LogP contribution < -0.4 is 5.73 Å². The van der Waals surface area contributed by atoms with Crippen LogP contribution in [0.2, 0.25) is 0 Å². The molecule has 3 aromatic rings. The van der Waals surface area contributed by atoms with E-state index in [1.165, 1.54) is 0 Å². The summed E-state index contributed by atoms with van der Waals surface area (Å²) in [6, 6.07) is 11.1. The van der Waals surface area contributed by atoms with Gasteiger partial charge in [0.15, 0.2) is 0 Å². The van der Waals surface area contributed by atoms with Gasteiger partial charge in [0, 0.05) is 11.8 Å². The molecule has 2 heterocycles. The van der Waals surface area contributed by atoms with Crippen LogP contribution >= 0.6 is 0 Å². The molecule has 86 valence electrons. The maximum Gasteiger partial charge on any atom is 0.206 e. The second-order valence-electron chi connectivity index (χ2n) is 3.83. The van der Waals surface area contributed by atoms with Crippen LogP contribution in [0.4, 0.5) is 5.95 Å². The van der Waals surface area contributed by atoms with Crippen molar-refractivity contribution in [1.82, 2.24) is 14.4 Å². The molecule has 0 saturated heterocycles. The molecule has 5 heteroatoms. The van der Waals surface area contributed by atoms with Crippen molar-refractivity contribution in [2.45, 2.75) is 0 Å². The van der Waals surface area contributed by atoms with Crippen LogP contribution in [0.1, 0.15) is 5.56 Å². The molecule has 18 heavy (non-hydrogen) atoms. The molecule has 3 rings (SSSR count). The fraction of sp³-hybridized carbons (Fsp3) is 0. The highest BCUT2D eigenvalue weighted by Crippen LogP contribution is 2.21. The van der Waals surface area contributed by atoms with Gasteiger partial charge in [-0.2, -0.15) is 5.26 Å². The molecule has 5 nitrogen and oxygen atoms in total. The van der Waals surface area contributed by atoms with Crippen molar-refractivity contribution in [3.63, 3.8) is 0 Å². The highest BCUT2D eigenvalue weighted by molar-refractivity contribution is 5.65. The molecule has 2 aromatic heterocycles. The summed E-state index contributed by atoms with van der Waals surface area (Å²) in [5.74, 6) is 1.12. The molecule has 0 amide bonds. The first-order valence-corrected chi connectivity index (χ1v) is 5.38. The Morgan fingerprint density at radius 2 is 1.89 bits per heavy atom. The van der Waals surface area contributed by atoms with E-state index in [2.05, 4.69) is 16.0 Å². The van der Waals surface area contributed by atoms with Crippen LogP contribution in [0, 0.1) is 11.3 Å². The van der Waals surface area contributed by atoms with E-state index in [0.29, 0.717) is 11.5 Å². The van der Waals surface area contributed by atoms with Gasteiger partial charge in [-0.1, -0.05) is 0 Å². The van der Waals surface area contributed by atoms with Gasteiger partial charge in [-0.05, 0) is 30.3 Å². The number of nitrogen functional groups attached to an aromatic ring is 1. The highest BCUT2D eigenvalue weighted by Gasteiger charge is 2.08. The number of fused-ring (bicyclic) bond motifs is 1. The van der Waals surface area contributed by atoms with Gasteiger partial charge in [0.2, 0.25) is 5.95 Å². The van der Waals surface area contributed by atoms with Crippen LogP contribution in [0.15, 0.2) is 42.7 Å². The van der Waals surface area contributed by atoms with Crippen LogP contribution in [0.3, 0.4) is 0 Å². The average molecular weight is 235 g/mol. The van der Waals surface area contributed by atoms with E-state index in [-0.39, 0.29) is 0 Å². The number of imidazole rings is 1. The lowest BCUT2D eigenvalue weighted by Crippen LogP contribution is -2.00. The van der Waals surface area contributed by atoms with E-state index in [4.69, 9.17) is 11.0 Å². The number of nitriles is 1. The number of benzene rings is 1. The molecule has 1 aromatic carbocycles. The fourth-order valence-corrected chi connectivity index (χ4v) is 1.87. The molecule has 0 aliphatic heterocycles. The number of anilines is 1. The zero-order chi connectivity index (χ0) is 12.5. The summed E-state index contributed by atoms with van der Waals surface area (Å²) in [7, 11) is 0. The topological polar surface area (TPSA) is 80.0 Å². The minimum atomic E-state index is 0.393. The minimum absolute atomic E-state index is 0.393. The number of nitrogens with two attached hydrogens (primary N) is 1. The molecular formula is C13H9N5. The van der Waals surface area contributed by atoms with Gasteiger partial charge in [0.05, 0.1) is 23.3 Å².